The number of carbonyl (C=O) groups excluding carboxylic acids is 1. The van der Waals surface area contributed by atoms with E-state index in [0.717, 1.165) is 24.2 Å². The lowest BCUT2D eigenvalue weighted by atomic mass is 9.53. The molecule has 0 aromatic rings. The van der Waals surface area contributed by atoms with E-state index in [1.165, 1.54) is 51.4 Å². The van der Waals surface area contributed by atoms with Crippen molar-refractivity contribution >= 4 is 5.78 Å². The molecule has 0 amide bonds. The van der Waals surface area contributed by atoms with Gasteiger partial charge in [-0.05, 0) is 68.6 Å². The van der Waals surface area contributed by atoms with Gasteiger partial charge in [0.2, 0.25) is 0 Å². The van der Waals surface area contributed by atoms with E-state index in [4.69, 9.17) is 0 Å². The fraction of sp³-hybridized carbons (Fsp3) is 0.833. The van der Waals surface area contributed by atoms with E-state index >= 15 is 0 Å². The van der Waals surface area contributed by atoms with E-state index in [2.05, 4.69) is 13.0 Å². The van der Waals surface area contributed by atoms with Crippen LogP contribution in [0.5, 0.6) is 0 Å². The predicted octanol–water partition coefficient (Wildman–Crippen LogP) is 4.52. The summed E-state index contributed by atoms with van der Waals surface area (Å²) in [5.74, 6) is 3.93. The smallest absolute Gasteiger partial charge is 0.139 e. The summed E-state index contributed by atoms with van der Waals surface area (Å²) in [5.41, 5.74) is 1.85. The molecule has 0 aliphatic heterocycles. The second kappa shape index (κ2) is 4.20. The van der Waals surface area contributed by atoms with Gasteiger partial charge in [-0.2, -0.15) is 0 Å². The molecule has 0 spiro atoms. The van der Waals surface area contributed by atoms with Crippen molar-refractivity contribution in [2.45, 2.75) is 64.7 Å². The van der Waals surface area contributed by atoms with Crippen LogP contribution in [0.3, 0.4) is 0 Å². The van der Waals surface area contributed by atoms with Crippen LogP contribution in [0, 0.1) is 29.1 Å². The van der Waals surface area contributed by atoms with Crippen molar-refractivity contribution in [3.63, 3.8) is 0 Å². The number of rotatable bonds is 0. The molecule has 3 unspecified atom stereocenters. The molecule has 1 nitrogen and oxygen atoms in total. The van der Waals surface area contributed by atoms with Crippen molar-refractivity contribution in [2.75, 3.05) is 0 Å². The zero-order chi connectivity index (χ0) is 13.0. The molecule has 4 aliphatic carbocycles. The molecule has 0 aromatic heterocycles. The molecular weight excluding hydrogens is 232 g/mol. The summed E-state index contributed by atoms with van der Waals surface area (Å²) in [7, 11) is 0. The third kappa shape index (κ3) is 1.63. The Labute approximate surface area is 116 Å². The fourth-order valence-electron chi connectivity index (χ4n) is 6.02. The van der Waals surface area contributed by atoms with E-state index in [-0.39, 0.29) is 5.41 Å². The molecule has 19 heavy (non-hydrogen) atoms. The minimum Gasteiger partial charge on any atom is -0.299 e. The monoisotopic (exact) mass is 258 g/mol. The van der Waals surface area contributed by atoms with Gasteiger partial charge in [-0.1, -0.05) is 25.0 Å². The number of ketones is 1. The van der Waals surface area contributed by atoms with Gasteiger partial charge in [0.1, 0.15) is 5.78 Å². The van der Waals surface area contributed by atoms with Gasteiger partial charge in [-0.25, -0.2) is 0 Å². The summed E-state index contributed by atoms with van der Waals surface area (Å²) < 4.78 is 0. The number of carbonyl (C=O) groups is 1. The lowest BCUT2D eigenvalue weighted by Gasteiger charge is -2.51. The zero-order valence-electron chi connectivity index (χ0n) is 12.2. The SMILES string of the molecule is C[C@]12CCC3C4CCCCC4=CC[C@H]3C1CCC2=O. The lowest BCUT2D eigenvalue weighted by Crippen LogP contribution is -2.45. The second-order valence-electron chi connectivity index (χ2n) is 7.72. The maximum Gasteiger partial charge on any atom is 0.139 e. The van der Waals surface area contributed by atoms with Crippen LogP contribution in [-0.2, 0) is 4.79 Å². The molecule has 4 aliphatic rings. The fourth-order valence-corrected chi connectivity index (χ4v) is 6.02. The number of Topliss-reactive ketones (excluding diaryl/α,β-unsaturated/α-hetero) is 1. The standard InChI is InChI=1S/C18H26O/c1-18-11-10-14-13-5-3-2-4-12(13)6-7-15(14)16(18)8-9-17(18)19/h6,13-16H,2-5,7-11H2,1H3/t13?,14?,15-,16?,18+/m1/s1. The Bertz CT molecular complexity index is 435. The highest BCUT2D eigenvalue weighted by Crippen LogP contribution is 2.59. The zero-order valence-corrected chi connectivity index (χ0v) is 12.2. The average Bonchev–Trinajstić information content (AvgIpc) is 2.75. The highest BCUT2D eigenvalue weighted by Gasteiger charge is 2.55. The van der Waals surface area contributed by atoms with Crippen LogP contribution in [0.1, 0.15) is 64.7 Å². The Morgan fingerprint density at radius 3 is 2.89 bits per heavy atom. The molecule has 0 N–H and O–H groups in total. The van der Waals surface area contributed by atoms with Crippen molar-refractivity contribution in [1.82, 2.24) is 0 Å². The van der Waals surface area contributed by atoms with Gasteiger partial charge in [0, 0.05) is 11.8 Å². The minimum atomic E-state index is 0.0567. The van der Waals surface area contributed by atoms with Crippen molar-refractivity contribution in [3.05, 3.63) is 11.6 Å². The number of hydrogen-bond acceptors (Lipinski definition) is 1. The van der Waals surface area contributed by atoms with Gasteiger partial charge >= 0.3 is 0 Å². The van der Waals surface area contributed by atoms with Gasteiger partial charge in [0.15, 0.2) is 0 Å². The molecule has 3 fully saturated rings. The quantitative estimate of drug-likeness (QED) is 0.584. The largest absolute Gasteiger partial charge is 0.299 e. The van der Waals surface area contributed by atoms with Gasteiger partial charge in [-0.3, -0.25) is 4.79 Å². The Hall–Kier alpha value is -0.590. The van der Waals surface area contributed by atoms with Crippen LogP contribution < -0.4 is 0 Å². The van der Waals surface area contributed by atoms with Gasteiger partial charge in [0.05, 0.1) is 0 Å². The normalized spacial score (nSPS) is 49.1. The Kier molecular flexibility index (Phi) is 2.69. The van der Waals surface area contributed by atoms with E-state index in [9.17, 15) is 4.79 Å². The van der Waals surface area contributed by atoms with E-state index in [1.54, 1.807) is 5.57 Å². The first-order valence-electron chi connectivity index (χ1n) is 8.42. The maximum atomic E-state index is 12.3. The molecule has 104 valence electrons. The highest BCUT2D eigenvalue weighted by atomic mass is 16.1. The molecule has 0 saturated heterocycles. The number of fused-ring (bicyclic) bond motifs is 5. The first-order chi connectivity index (χ1) is 9.20. The average molecular weight is 258 g/mol. The Morgan fingerprint density at radius 1 is 1.11 bits per heavy atom. The molecule has 3 saturated carbocycles. The van der Waals surface area contributed by atoms with Crippen LogP contribution in [0.25, 0.3) is 0 Å². The van der Waals surface area contributed by atoms with Crippen LogP contribution in [-0.4, -0.2) is 5.78 Å². The summed E-state index contributed by atoms with van der Waals surface area (Å²) >= 11 is 0. The maximum absolute atomic E-state index is 12.3. The molecule has 0 bridgehead atoms. The minimum absolute atomic E-state index is 0.0567. The first kappa shape index (κ1) is 12.2. The van der Waals surface area contributed by atoms with Crippen molar-refractivity contribution < 1.29 is 4.79 Å². The van der Waals surface area contributed by atoms with Crippen LogP contribution in [0.4, 0.5) is 0 Å². The van der Waals surface area contributed by atoms with Gasteiger partial charge in [-0.15, -0.1) is 0 Å². The molecule has 1 heteroatoms. The van der Waals surface area contributed by atoms with Crippen LogP contribution >= 0.6 is 0 Å². The molecule has 0 heterocycles. The Morgan fingerprint density at radius 2 is 2.00 bits per heavy atom. The van der Waals surface area contributed by atoms with Gasteiger partial charge in [0.25, 0.3) is 0 Å². The topological polar surface area (TPSA) is 17.1 Å². The molecular formula is C18H26O. The van der Waals surface area contributed by atoms with E-state index in [1.807, 2.05) is 0 Å². The summed E-state index contributed by atoms with van der Waals surface area (Å²) in [6.07, 6.45) is 14.1. The molecule has 0 aromatic carbocycles. The summed E-state index contributed by atoms with van der Waals surface area (Å²) in [6, 6.07) is 0. The highest BCUT2D eigenvalue weighted by molar-refractivity contribution is 5.87. The van der Waals surface area contributed by atoms with Gasteiger partial charge < -0.3 is 0 Å². The first-order valence-corrected chi connectivity index (χ1v) is 8.42. The third-order valence-electron chi connectivity index (χ3n) is 7.08. The number of allylic oxidation sites excluding steroid dienone is 2. The third-order valence-corrected chi connectivity index (χ3v) is 7.08. The lowest BCUT2D eigenvalue weighted by molar-refractivity contribution is -0.130. The van der Waals surface area contributed by atoms with Crippen molar-refractivity contribution in [3.8, 4) is 0 Å². The van der Waals surface area contributed by atoms with E-state index < -0.39 is 0 Å². The summed E-state index contributed by atoms with van der Waals surface area (Å²) in [6.45, 7) is 2.28. The summed E-state index contributed by atoms with van der Waals surface area (Å²) in [5, 5.41) is 0. The Balaban J connectivity index is 1.66. The van der Waals surface area contributed by atoms with Crippen molar-refractivity contribution in [1.29, 1.82) is 0 Å². The second-order valence-corrected chi connectivity index (χ2v) is 7.72. The van der Waals surface area contributed by atoms with Crippen LogP contribution in [0.15, 0.2) is 11.6 Å². The van der Waals surface area contributed by atoms with Crippen molar-refractivity contribution in [2.24, 2.45) is 29.1 Å². The van der Waals surface area contributed by atoms with Crippen LogP contribution in [0.2, 0.25) is 0 Å². The molecule has 0 radical (unpaired) electrons. The van der Waals surface area contributed by atoms with E-state index in [0.29, 0.717) is 11.7 Å². The number of hydrogen-bond donors (Lipinski definition) is 0. The predicted molar refractivity (Wildman–Crippen MR) is 76.7 cm³/mol. The summed E-state index contributed by atoms with van der Waals surface area (Å²) in [4.78, 5) is 12.3. The molecule has 5 atom stereocenters. The molecule has 4 rings (SSSR count).